The Labute approximate surface area is 134 Å². The molecule has 0 unspecified atom stereocenters. The van der Waals surface area contributed by atoms with Gasteiger partial charge in [0, 0.05) is 17.6 Å². The standard InChI is InChI=1S/C14H21BrN2O3S/c1-16-10-11-5-7-17(8-6-11)21(18,19)14-4-3-12(20-2)9-13(14)15/h3-4,9,11,16H,5-8,10H2,1-2H3. The van der Waals surface area contributed by atoms with Gasteiger partial charge in [-0.3, -0.25) is 0 Å². The molecule has 0 spiro atoms. The highest BCUT2D eigenvalue weighted by molar-refractivity contribution is 9.10. The SMILES string of the molecule is CNCC1CCN(S(=O)(=O)c2ccc(OC)cc2Br)CC1. The van der Waals surface area contributed by atoms with Crippen LogP contribution < -0.4 is 10.1 Å². The van der Waals surface area contributed by atoms with Crippen molar-refractivity contribution in [2.45, 2.75) is 17.7 Å². The summed E-state index contributed by atoms with van der Waals surface area (Å²) in [6.07, 6.45) is 1.79. The molecule has 0 amide bonds. The second-order valence-corrected chi connectivity index (χ2v) is 7.96. The molecule has 1 aromatic rings. The molecule has 21 heavy (non-hydrogen) atoms. The number of benzene rings is 1. The fraction of sp³-hybridized carbons (Fsp3) is 0.571. The number of sulfonamides is 1. The minimum Gasteiger partial charge on any atom is -0.497 e. The van der Waals surface area contributed by atoms with Crippen molar-refractivity contribution in [2.24, 2.45) is 5.92 Å². The first-order valence-corrected chi connectivity index (χ1v) is 9.20. The molecule has 0 aromatic heterocycles. The molecule has 1 N–H and O–H groups in total. The van der Waals surface area contributed by atoms with Gasteiger partial charge in [-0.15, -0.1) is 0 Å². The van der Waals surface area contributed by atoms with Crippen molar-refractivity contribution < 1.29 is 13.2 Å². The summed E-state index contributed by atoms with van der Waals surface area (Å²) in [4.78, 5) is 0.301. The van der Waals surface area contributed by atoms with Gasteiger partial charge >= 0.3 is 0 Å². The van der Waals surface area contributed by atoms with Gasteiger partial charge in [-0.2, -0.15) is 4.31 Å². The van der Waals surface area contributed by atoms with Crippen molar-refractivity contribution in [3.63, 3.8) is 0 Å². The molecule has 1 heterocycles. The number of nitrogens with one attached hydrogen (secondary N) is 1. The minimum absolute atomic E-state index is 0.301. The topological polar surface area (TPSA) is 58.6 Å². The van der Waals surface area contributed by atoms with Crippen molar-refractivity contribution >= 4 is 26.0 Å². The molecular weight excluding hydrogens is 356 g/mol. The predicted octanol–water partition coefficient (Wildman–Crippen LogP) is 2.08. The van der Waals surface area contributed by atoms with Gasteiger partial charge in [0.25, 0.3) is 0 Å². The van der Waals surface area contributed by atoms with Gasteiger partial charge in [0.2, 0.25) is 10.0 Å². The molecule has 7 heteroatoms. The van der Waals surface area contributed by atoms with Crippen LogP contribution in [0.1, 0.15) is 12.8 Å². The zero-order chi connectivity index (χ0) is 15.5. The van der Waals surface area contributed by atoms with Crippen LogP contribution in [0.4, 0.5) is 0 Å². The number of halogens is 1. The molecule has 1 saturated heterocycles. The monoisotopic (exact) mass is 376 g/mol. The lowest BCUT2D eigenvalue weighted by Gasteiger charge is -2.31. The molecule has 1 fully saturated rings. The van der Waals surface area contributed by atoms with E-state index in [1.54, 1.807) is 29.6 Å². The Bertz CT molecular complexity index is 584. The van der Waals surface area contributed by atoms with Crippen LogP contribution in [0.15, 0.2) is 27.6 Å². The van der Waals surface area contributed by atoms with Gasteiger partial charge < -0.3 is 10.1 Å². The molecule has 118 valence electrons. The summed E-state index contributed by atoms with van der Waals surface area (Å²) in [7, 11) is 0.0406. The number of methoxy groups -OCH3 is 1. The maximum absolute atomic E-state index is 12.7. The largest absolute Gasteiger partial charge is 0.497 e. The Kier molecular flexibility index (Phi) is 5.65. The zero-order valence-electron chi connectivity index (χ0n) is 12.3. The molecule has 1 aromatic carbocycles. The smallest absolute Gasteiger partial charge is 0.244 e. The first-order valence-electron chi connectivity index (χ1n) is 6.97. The van der Waals surface area contributed by atoms with E-state index in [9.17, 15) is 8.42 Å². The lowest BCUT2D eigenvalue weighted by Crippen LogP contribution is -2.40. The maximum atomic E-state index is 12.7. The Morgan fingerprint density at radius 3 is 2.57 bits per heavy atom. The minimum atomic E-state index is -3.45. The zero-order valence-corrected chi connectivity index (χ0v) is 14.7. The van der Waals surface area contributed by atoms with Gasteiger partial charge in [-0.25, -0.2) is 8.42 Å². The molecule has 0 saturated carbocycles. The Balaban J connectivity index is 2.16. The number of nitrogens with zero attached hydrogens (tertiary/aromatic N) is 1. The van der Waals surface area contributed by atoms with E-state index >= 15 is 0 Å². The number of rotatable bonds is 5. The van der Waals surface area contributed by atoms with Crippen LogP contribution in [-0.4, -0.2) is 46.5 Å². The van der Waals surface area contributed by atoms with E-state index < -0.39 is 10.0 Å². The van der Waals surface area contributed by atoms with E-state index in [1.807, 2.05) is 7.05 Å². The normalized spacial score (nSPS) is 17.9. The van der Waals surface area contributed by atoms with Gasteiger partial charge in [0.15, 0.2) is 0 Å². The second-order valence-electron chi connectivity index (χ2n) is 5.20. The van der Waals surface area contributed by atoms with Gasteiger partial charge in [-0.1, -0.05) is 0 Å². The molecule has 0 atom stereocenters. The van der Waals surface area contributed by atoms with Crippen LogP contribution in [0.3, 0.4) is 0 Å². The number of hydrogen-bond acceptors (Lipinski definition) is 4. The maximum Gasteiger partial charge on any atom is 0.244 e. The summed E-state index contributed by atoms with van der Waals surface area (Å²) in [6, 6.07) is 4.95. The third-order valence-corrected chi connectivity index (χ3v) is 6.70. The average Bonchev–Trinajstić information content (AvgIpc) is 2.47. The van der Waals surface area contributed by atoms with Crippen molar-refractivity contribution in [3.8, 4) is 5.75 Å². The van der Waals surface area contributed by atoms with Crippen molar-refractivity contribution in [1.29, 1.82) is 0 Å². The van der Waals surface area contributed by atoms with E-state index in [-0.39, 0.29) is 0 Å². The summed E-state index contributed by atoms with van der Waals surface area (Å²) in [6.45, 7) is 2.10. The van der Waals surface area contributed by atoms with Gasteiger partial charge in [0.05, 0.1) is 12.0 Å². The highest BCUT2D eigenvalue weighted by atomic mass is 79.9. The van der Waals surface area contributed by atoms with E-state index in [2.05, 4.69) is 21.2 Å². The summed E-state index contributed by atoms with van der Waals surface area (Å²) < 4.78 is 32.6. The average molecular weight is 377 g/mol. The summed E-state index contributed by atoms with van der Waals surface area (Å²) >= 11 is 3.33. The second kappa shape index (κ2) is 7.09. The third-order valence-electron chi connectivity index (χ3n) is 3.82. The van der Waals surface area contributed by atoms with E-state index in [4.69, 9.17) is 4.74 Å². The fourth-order valence-corrected chi connectivity index (χ4v) is 5.09. The van der Waals surface area contributed by atoms with Gasteiger partial charge in [-0.05, 0) is 66.5 Å². The highest BCUT2D eigenvalue weighted by Gasteiger charge is 2.30. The van der Waals surface area contributed by atoms with E-state index in [0.29, 0.717) is 34.1 Å². The lowest BCUT2D eigenvalue weighted by molar-refractivity contribution is 0.270. The van der Waals surface area contributed by atoms with Gasteiger partial charge in [0.1, 0.15) is 5.75 Å². The van der Waals surface area contributed by atoms with Crippen LogP contribution in [0.25, 0.3) is 0 Å². The summed E-state index contributed by atoms with van der Waals surface area (Å²) in [5, 5.41) is 3.16. The van der Waals surface area contributed by atoms with Crippen LogP contribution in [0.2, 0.25) is 0 Å². The predicted molar refractivity (Wildman–Crippen MR) is 86.1 cm³/mol. The number of piperidine rings is 1. The fourth-order valence-electron chi connectivity index (χ4n) is 2.60. The summed E-state index contributed by atoms with van der Waals surface area (Å²) in [5.74, 6) is 1.19. The van der Waals surface area contributed by atoms with Crippen molar-refractivity contribution in [1.82, 2.24) is 9.62 Å². The molecule has 1 aliphatic heterocycles. The van der Waals surface area contributed by atoms with Crippen LogP contribution >= 0.6 is 15.9 Å². The third kappa shape index (κ3) is 3.77. The first kappa shape index (κ1) is 16.7. The molecule has 5 nitrogen and oxygen atoms in total. The number of hydrogen-bond donors (Lipinski definition) is 1. The molecule has 0 radical (unpaired) electrons. The molecular formula is C14H21BrN2O3S. The van der Waals surface area contributed by atoms with Crippen molar-refractivity contribution in [2.75, 3.05) is 33.8 Å². The molecule has 0 bridgehead atoms. The molecule has 0 aliphatic carbocycles. The molecule has 1 aliphatic rings. The molecule has 2 rings (SSSR count). The highest BCUT2D eigenvalue weighted by Crippen LogP contribution is 2.30. The Hall–Kier alpha value is -0.630. The van der Waals surface area contributed by atoms with E-state index in [0.717, 1.165) is 19.4 Å². The lowest BCUT2D eigenvalue weighted by atomic mass is 9.98. The number of ether oxygens (including phenoxy) is 1. The summed E-state index contributed by atoms with van der Waals surface area (Å²) in [5.41, 5.74) is 0. The van der Waals surface area contributed by atoms with Crippen LogP contribution in [-0.2, 0) is 10.0 Å². The van der Waals surface area contributed by atoms with Crippen LogP contribution in [0.5, 0.6) is 5.75 Å². The van der Waals surface area contributed by atoms with Crippen molar-refractivity contribution in [3.05, 3.63) is 22.7 Å². The Morgan fingerprint density at radius 2 is 2.05 bits per heavy atom. The quantitative estimate of drug-likeness (QED) is 0.854. The van der Waals surface area contributed by atoms with Crippen LogP contribution in [0, 0.1) is 5.92 Å². The first-order chi connectivity index (χ1) is 9.98. The Morgan fingerprint density at radius 1 is 1.38 bits per heavy atom. The van der Waals surface area contributed by atoms with E-state index in [1.165, 1.54) is 0 Å².